The molecule has 0 N–H and O–H groups in total. The highest BCUT2D eigenvalue weighted by atomic mass is 16.6. The van der Waals surface area contributed by atoms with E-state index in [1.165, 1.54) is 180 Å². The van der Waals surface area contributed by atoms with Gasteiger partial charge in [0.2, 0.25) is 0 Å². The summed E-state index contributed by atoms with van der Waals surface area (Å²) in [5, 5.41) is 0. The first-order valence-electron chi connectivity index (χ1n) is 25.7. The lowest BCUT2D eigenvalue weighted by Crippen LogP contribution is -2.30. The third-order valence-electron chi connectivity index (χ3n) is 11.5. The van der Waals surface area contributed by atoms with Gasteiger partial charge in [0.15, 0.2) is 6.10 Å². The van der Waals surface area contributed by atoms with Crippen molar-refractivity contribution in [2.45, 2.75) is 290 Å². The van der Waals surface area contributed by atoms with Crippen LogP contribution >= 0.6 is 0 Å². The molecule has 0 aromatic rings. The van der Waals surface area contributed by atoms with Crippen molar-refractivity contribution in [3.8, 4) is 0 Å². The molecule has 0 fully saturated rings. The molecule has 0 spiro atoms. The molecule has 6 heteroatoms. The summed E-state index contributed by atoms with van der Waals surface area (Å²) in [6, 6.07) is 0. The van der Waals surface area contributed by atoms with Gasteiger partial charge in [-0.15, -0.1) is 0 Å². The van der Waals surface area contributed by atoms with Gasteiger partial charge in [-0.25, -0.2) is 0 Å². The molecule has 0 saturated heterocycles. The van der Waals surface area contributed by atoms with Crippen LogP contribution in [-0.4, -0.2) is 37.2 Å². The maximum absolute atomic E-state index is 12.8. The summed E-state index contributed by atoms with van der Waals surface area (Å²) < 4.78 is 16.8. The minimum absolute atomic E-state index is 0.0694. The molecule has 58 heavy (non-hydrogen) atoms. The van der Waals surface area contributed by atoms with Crippen molar-refractivity contribution in [2.24, 2.45) is 0 Å². The third-order valence-corrected chi connectivity index (χ3v) is 11.5. The Bertz CT molecular complexity index is 900. The number of hydrogen-bond donors (Lipinski definition) is 0. The van der Waals surface area contributed by atoms with E-state index in [9.17, 15) is 14.4 Å². The van der Waals surface area contributed by atoms with E-state index < -0.39 is 6.10 Å². The van der Waals surface area contributed by atoms with Crippen LogP contribution in [0.5, 0.6) is 0 Å². The Labute approximate surface area is 360 Å². The summed E-state index contributed by atoms with van der Waals surface area (Å²) in [5.74, 6) is -0.870. The van der Waals surface area contributed by atoms with Crippen molar-refractivity contribution in [2.75, 3.05) is 13.2 Å². The number of ether oxygens (including phenoxy) is 3. The van der Waals surface area contributed by atoms with Gasteiger partial charge in [0.05, 0.1) is 0 Å². The predicted molar refractivity (Wildman–Crippen MR) is 247 cm³/mol. The Kier molecular flexibility index (Phi) is 46.3. The Balaban J connectivity index is 4.35. The zero-order valence-electron chi connectivity index (χ0n) is 39.1. The quantitative estimate of drug-likeness (QED) is 0.0263. The van der Waals surface area contributed by atoms with Crippen LogP contribution in [0.25, 0.3) is 0 Å². The third kappa shape index (κ3) is 45.2. The van der Waals surface area contributed by atoms with Crippen LogP contribution in [0.3, 0.4) is 0 Å². The smallest absolute Gasteiger partial charge is 0.306 e. The van der Waals surface area contributed by atoms with E-state index in [4.69, 9.17) is 14.2 Å². The number of rotatable bonds is 47. The maximum Gasteiger partial charge on any atom is 0.306 e. The topological polar surface area (TPSA) is 78.9 Å². The lowest BCUT2D eigenvalue weighted by atomic mass is 10.0. The van der Waals surface area contributed by atoms with Gasteiger partial charge in [0, 0.05) is 19.3 Å². The number of carbonyl (C=O) groups is 3. The predicted octanol–water partition coefficient (Wildman–Crippen LogP) is 16.6. The second-order valence-electron chi connectivity index (χ2n) is 17.4. The summed E-state index contributed by atoms with van der Waals surface area (Å²) in [7, 11) is 0. The van der Waals surface area contributed by atoms with E-state index in [0.29, 0.717) is 19.3 Å². The van der Waals surface area contributed by atoms with Crippen molar-refractivity contribution >= 4 is 17.9 Å². The number of carbonyl (C=O) groups excluding carboxylic acids is 3. The van der Waals surface area contributed by atoms with Gasteiger partial charge in [-0.2, -0.15) is 0 Å². The lowest BCUT2D eigenvalue weighted by molar-refractivity contribution is -0.167. The molecule has 0 aromatic heterocycles. The number of esters is 3. The molecule has 0 aromatic carbocycles. The van der Waals surface area contributed by atoms with Crippen molar-refractivity contribution in [3.05, 3.63) is 12.2 Å². The van der Waals surface area contributed by atoms with Gasteiger partial charge in [-0.1, -0.05) is 232 Å². The normalized spacial score (nSPS) is 12.0. The molecule has 0 heterocycles. The fourth-order valence-electron chi connectivity index (χ4n) is 7.61. The monoisotopic (exact) mass is 819 g/mol. The first kappa shape index (κ1) is 56.1. The van der Waals surface area contributed by atoms with Gasteiger partial charge in [-0.05, 0) is 44.9 Å². The van der Waals surface area contributed by atoms with Gasteiger partial charge < -0.3 is 14.2 Å². The highest BCUT2D eigenvalue weighted by molar-refractivity contribution is 5.71. The first-order valence-corrected chi connectivity index (χ1v) is 25.7. The van der Waals surface area contributed by atoms with E-state index in [2.05, 4.69) is 32.9 Å². The molecule has 6 nitrogen and oxygen atoms in total. The van der Waals surface area contributed by atoms with Crippen LogP contribution in [0, 0.1) is 0 Å². The zero-order chi connectivity index (χ0) is 42.3. The second-order valence-corrected chi connectivity index (χ2v) is 17.4. The summed E-state index contributed by atoms with van der Waals surface area (Å²) >= 11 is 0. The van der Waals surface area contributed by atoms with Crippen LogP contribution in [0.1, 0.15) is 284 Å². The molecule has 0 aliphatic rings. The molecule has 342 valence electrons. The first-order chi connectivity index (χ1) is 28.5. The van der Waals surface area contributed by atoms with E-state index in [1.807, 2.05) is 0 Å². The fourth-order valence-corrected chi connectivity index (χ4v) is 7.61. The molecule has 0 radical (unpaired) electrons. The van der Waals surface area contributed by atoms with E-state index in [-0.39, 0.29) is 31.1 Å². The molecule has 0 amide bonds. The summed E-state index contributed by atoms with van der Waals surface area (Å²) in [5.41, 5.74) is 0. The van der Waals surface area contributed by atoms with E-state index in [1.54, 1.807) is 0 Å². The van der Waals surface area contributed by atoms with Crippen LogP contribution in [0.15, 0.2) is 12.2 Å². The molecule has 0 aliphatic heterocycles. The molecule has 0 aliphatic carbocycles. The Morgan fingerprint density at radius 1 is 0.328 bits per heavy atom. The lowest BCUT2D eigenvalue weighted by Gasteiger charge is -2.18. The van der Waals surface area contributed by atoms with Crippen LogP contribution < -0.4 is 0 Å². The van der Waals surface area contributed by atoms with Crippen molar-refractivity contribution in [1.82, 2.24) is 0 Å². The molecule has 1 unspecified atom stereocenters. The highest BCUT2D eigenvalue weighted by Gasteiger charge is 2.19. The SMILES string of the molecule is CCCCCCCCC/C=C\CCCCCC(=O)OCC(COC(=O)CCCCCCCCCCCCCC)OC(=O)CCCCCCCCCCCCCCCC. The zero-order valence-corrected chi connectivity index (χ0v) is 39.1. The summed E-state index contributed by atoms with van der Waals surface area (Å²) in [4.78, 5) is 37.9. The van der Waals surface area contributed by atoms with Crippen molar-refractivity contribution < 1.29 is 28.6 Å². The van der Waals surface area contributed by atoms with Crippen molar-refractivity contribution in [1.29, 1.82) is 0 Å². The molecular weight excluding hydrogens is 721 g/mol. The Hall–Kier alpha value is -1.85. The highest BCUT2D eigenvalue weighted by Crippen LogP contribution is 2.16. The molecule has 0 saturated carbocycles. The Morgan fingerprint density at radius 3 is 0.879 bits per heavy atom. The number of allylic oxidation sites excluding steroid dienone is 2. The van der Waals surface area contributed by atoms with Gasteiger partial charge in [0.1, 0.15) is 13.2 Å². The number of hydrogen-bond acceptors (Lipinski definition) is 6. The minimum Gasteiger partial charge on any atom is -0.462 e. The summed E-state index contributed by atoms with van der Waals surface area (Å²) in [6.45, 7) is 6.65. The standard InChI is InChI=1S/C52H98O6/c1-4-7-10-13-16-19-22-25-27-30-33-36-39-42-45-51(54)57-48-49(47-56-50(53)44-41-38-35-32-29-24-21-18-15-12-9-6-3)58-52(55)46-43-40-37-34-31-28-26-23-20-17-14-11-8-5-2/h27,30,49H,4-26,28-29,31-48H2,1-3H3/b30-27-. The molecule has 1 atom stereocenters. The van der Waals surface area contributed by atoms with Crippen LogP contribution in [0.2, 0.25) is 0 Å². The van der Waals surface area contributed by atoms with Gasteiger partial charge in [0.25, 0.3) is 0 Å². The van der Waals surface area contributed by atoms with Gasteiger partial charge in [-0.3, -0.25) is 14.4 Å². The molecule has 0 rings (SSSR count). The average Bonchev–Trinajstić information content (AvgIpc) is 3.22. The van der Waals surface area contributed by atoms with Crippen LogP contribution in [-0.2, 0) is 28.6 Å². The van der Waals surface area contributed by atoms with Crippen LogP contribution in [0.4, 0.5) is 0 Å². The molecular formula is C52H98O6. The maximum atomic E-state index is 12.8. The average molecular weight is 819 g/mol. The molecule has 0 bridgehead atoms. The summed E-state index contributed by atoms with van der Waals surface area (Å²) in [6.07, 6.45) is 51.9. The van der Waals surface area contributed by atoms with Gasteiger partial charge >= 0.3 is 17.9 Å². The largest absolute Gasteiger partial charge is 0.462 e. The van der Waals surface area contributed by atoms with Crippen molar-refractivity contribution in [3.63, 3.8) is 0 Å². The second kappa shape index (κ2) is 47.8. The van der Waals surface area contributed by atoms with E-state index in [0.717, 1.165) is 64.2 Å². The fraction of sp³-hybridized carbons (Fsp3) is 0.904. The Morgan fingerprint density at radius 2 is 0.569 bits per heavy atom. The minimum atomic E-state index is -0.768. The number of unbranched alkanes of at least 4 members (excludes halogenated alkanes) is 34. The van der Waals surface area contributed by atoms with E-state index >= 15 is 0 Å².